The number of nitrogens with zero attached hydrogens (tertiary/aromatic N) is 5. The molecule has 3 heterocycles. The van der Waals surface area contributed by atoms with Crippen LogP contribution in [-0.4, -0.2) is 73.6 Å². The molecule has 0 saturated carbocycles. The largest absolute Gasteiger partial charge is 0.490 e. The molecule has 0 unspecified atom stereocenters. The summed E-state index contributed by atoms with van der Waals surface area (Å²) < 4.78 is 40.5. The third-order valence-corrected chi connectivity index (χ3v) is 5.30. The Kier molecular flexibility index (Phi) is 8.58. The molecule has 1 fully saturated rings. The summed E-state index contributed by atoms with van der Waals surface area (Å²) in [6.07, 6.45) is -5.08. The van der Waals surface area contributed by atoms with E-state index in [4.69, 9.17) is 14.6 Å². The number of para-hydroxylation sites is 1. The van der Waals surface area contributed by atoms with Crippen LogP contribution in [0.1, 0.15) is 17.3 Å². The molecule has 4 rings (SSSR count). The van der Waals surface area contributed by atoms with E-state index >= 15 is 0 Å². The summed E-state index contributed by atoms with van der Waals surface area (Å²) in [5.74, 6) is 2.69. The van der Waals surface area contributed by atoms with Crippen LogP contribution in [0.15, 0.2) is 29.1 Å². The number of benzene rings is 1. The molecule has 15 heteroatoms. The highest BCUT2D eigenvalue weighted by molar-refractivity contribution is 5.90. The number of anilines is 1. The molecule has 38 heavy (non-hydrogen) atoms. The molecular weight excluding hydrogens is 513 g/mol. The maximum atomic E-state index is 13.2. The van der Waals surface area contributed by atoms with Crippen molar-refractivity contribution in [2.75, 3.05) is 31.1 Å². The number of carboxylic acids is 2. The van der Waals surface area contributed by atoms with E-state index < -0.39 is 18.1 Å². The van der Waals surface area contributed by atoms with Crippen LogP contribution in [0, 0.1) is 11.8 Å². The topological polar surface area (TPSA) is 152 Å². The van der Waals surface area contributed by atoms with E-state index in [-0.39, 0.29) is 28.5 Å². The van der Waals surface area contributed by atoms with E-state index in [0.717, 1.165) is 26.2 Å². The minimum atomic E-state index is -5.08. The first-order valence-corrected chi connectivity index (χ1v) is 11.1. The fourth-order valence-electron chi connectivity index (χ4n) is 3.47. The molecule has 3 aromatic rings. The van der Waals surface area contributed by atoms with Gasteiger partial charge in [-0.1, -0.05) is 18.1 Å². The number of fused-ring (bicyclic) bond motifs is 1. The number of ether oxygens (including phenoxy) is 1. The maximum absolute atomic E-state index is 13.2. The number of halogens is 3. The minimum absolute atomic E-state index is 0.0258. The van der Waals surface area contributed by atoms with E-state index in [1.165, 1.54) is 23.7 Å². The van der Waals surface area contributed by atoms with Crippen LogP contribution in [-0.2, 0) is 18.4 Å². The van der Waals surface area contributed by atoms with Crippen molar-refractivity contribution in [3.8, 4) is 23.6 Å². The third kappa shape index (κ3) is 6.21. The van der Waals surface area contributed by atoms with Crippen molar-refractivity contribution in [1.29, 1.82) is 0 Å². The molecule has 12 nitrogen and oxygen atoms in total. The molecule has 1 aliphatic heterocycles. The highest BCUT2D eigenvalue weighted by atomic mass is 19.4. The number of imidazole rings is 1. The molecule has 0 radical (unpaired) electrons. The molecule has 0 amide bonds. The number of rotatable bonds is 5. The number of aromatic nitrogens is 4. The lowest BCUT2D eigenvalue weighted by molar-refractivity contribution is -0.192. The van der Waals surface area contributed by atoms with Gasteiger partial charge in [-0.3, -0.25) is 13.9 Å². The van der Waals surface area contributed by atoms with Gasteiger partial charge >= 0.3 is 24.1 Å². The fraction of sp³-hybridized carbons (Fsp3) is 0.348. The Labute approximate surface area is 213 Å². The number of carboxylic acid groups (broad SMARTS) is 2. The first-order valence-electron chi connectivity index (χ1n) is 11.1. The number of alkyl halides is 3. The molecule has 1 saturated heterocycles. The second-order valence-electron chi connectivity index (χ2n) is 7.80. The molecule has 0 bridgehead atoms. The Morgan fingerprint density at radius 2 is 1.79 bits per heavy atom. The van der Waals surface area contributed by atoms with E-state index in [1.54, 1.807) is 23.6 Å². The second-order valence-corrected chi connectivity index (χ2v) is 7.80. The molecule has 2 aromatic heterocycles. The van der Waals surface area contributed by atoms with Gasteiger partial charge in [-0.25, -0.2) is 9.59 Å². The van der Waals surface area contributed by atoms with Crippen molar-refractivity contribution in [2.45, 2.75) is 19.6 Å². The molecule has 1 aliphatic rings. The summed E-state index contributed by atoms with van der Waals surface area (Å²) in [6.45, 7) is 5.18. The molecule has 0 atom stereocenters. The Balaban J connectivity index is 0.000000505. The summed E-state index contributed by atoms with van der Waals surface area (Å²) >= 11 is 0. The number of aliphatic carboxylic acids is 1. The summed E-state index contributed by atoms with van der Waals surface area (Å²) in [4.78, 5) is 44.8. The van der Waals surface area contributed by atoms with E-state index in [2.05, 4.69) is 32.0 Å². The van der Waals surface area contributed by atoms with Gasteiger partial charge in [0.15, 0.2) is 11.2 Å². The van der Waals surface area contributed by atoms with Crippen LogP contribution in [0.5, 0.6) is 11.8 Å². The van der Waals surface area contributed by atoms with Crippen LogP contribution >= 0.6 is 0 Å². The normalized spacial score (nSPS) is 13.2. The second kappa shape index (κ2) is 11.6. The average Bonchev–Trinajstić information content (AvgIpc) is 3.24. The van der Waals surface area contributed by atoms with Gasteiger partial charge in [0.1, 0.15) is 11.3 Å². The van der Waals surface area contributed by atoms with Crippen molar-refractivity contribution in [3.63, 3.8) is 0 Å². The average molecular weight is 536 g/mol. The lowest BCUT2D eigenvalue weighted by Crippen LogP contribution is -2.44. The van der Waals surface area contributed by atoms with Gasteiger partial charge in [0, 0.05) is 33.2 Å². The number of aromatic carboxylic acids is 1. The summed E-state index contributed by atoms with van der Waals surface area (Å²) in [5, 5.41) is 19.8. The molecule has 3 N–H and O–H groups in total. The Morgan fingerprint density at radius 3 is 2.37 bits per heavy atom. The van der Waals surface area contributed by atoms with Crippen LogP contribution < -0.4 is 20.5 Å². The fourth-order valence-corrected chi connectivity index (χ4v) is 3.47. The first-order chi connectivity index (χ1) is 18.0. The van der Waals surface area contributed by atoms with Gasteiger partial charge in [0.05, 0.1) is 6.54 Å². The number of hydrogen-bond acceptors (Lipinski definition) is 8. The zero-order valence-electron chi connectivity index (χ0n) is 20.2. The van der Waals surface area contributed by atoms with E-state index in [1.807, 2.05) is 0 Å². The zero-order chi connectivity index (χ0) is 28.0. The molecule has 202 valence electrons. The Hall–Kier alpha value is -4.58. The molecule has 0 spiro atoms. The van der Waals surface area contributed by atoms with Gasteiger partial charge < -0.3 is 25.2 Å². The molecule has 0 aliphatic carbocycles. The zero-order valence-corrected chi connectivity index (χ0v) is 20.2. The number of carbonyl (C=O) groups is 2. The number of hydrogen-bond donors (Lipinski definition) is 3. The van der Waals surface area contributed by atoms with Gasteiger partial charge in [-0.2, -0.15) is 23.1 Å². The lowest BCUT2D eigenvalue weighted by Gasteiger charge is -2.28. The smallest absolute Gasteiger partial charge is 0.478 e. The Bertz CT molecular complexity index is 1460. The minimum Gasteiger partial charge on any atom is -0.478 e. The summed E-state index contributed by atoms with van der Waals surface area (Å²) in [5.41, 5.74) is 0.191. The summed E-state index contributed by atoms with van der Waals surface area (Å²) in [7, 11) is 1.53. The van der Waals surface area contributed by atoms with E-state index in [0.29, 0.717) is 18.0 Å². The Morgan fingerprint density at radius 1 is 1.16 bits per heavy atom. The predicted molar refractivity (Wildman–Crippen MR) is 128 cm³/mol. The molecule has 1 aromatic carbocycles. The van der Waals surface area contributed by atoms with Crippen LogP contribution in [0.4, 0.5) is 19.1 Å². The van der Waals surface area contributed by atoms with Crippen LogP contribution in [0.3, 0.4) is 0 Å². The van der Waals surface area contributed by atoms with Crippen molar-refractivity contribution >= 4 is 29.1 Å². The standard InChI is InChI=1S/C21H22N6O4.C2HF3O2/c1-3-4-11-27-16-17(23-20(27)26-12-9-22-10-13-26)24-21(25(2)18(16)28)31-15-8-6-5-7-14(15)19(29)30;3-2(4,5)1(6)7/h5-8,22H,9-13H2,1-2H3,(H,29,30);(H,6,7). The highest BCUT2D eigenvalue weighted by Crippen LogP contribution is 2.26. The van der Waals surface area contributed by atoms with E-state index in [9.17, 15) is 27.9 Å². The monoisotopic (exact) mass is 536 g/mol. The van der Waals surface area contributed by atoms with Gasteiger partial charge in [0.2, 0.25) is 5.95 Å². The third-order valence-electron chi connectivity index (χ3n) is 5.30. The van der Waals surface area contributed by atoms with Crippen molar-refractivity contribution in [2.24, 2.45) is 7.05 Å². The van der Waals surface area contributed by atoms with Gasteiger partial charge in [0.25, 0.3) is 5.56 Å². The van der Waals surface area contributed by atoms with Crippen LogP contribution in [0.25, 0.3) is 11.2 Å². The molecular formula is C23H23F3N6O6. The van der Waals surface area contributed by atoms with Crippen molar-refractivity contribution < 1.29 is 37.7 Å². The predicted octanol–water partition coefficient (Wildman–Crippen LogP) is 1.69. The highest BCUT2D eigenvalue weighted by Gasteiger charge is 2.38. The van der Waals surface area contributed by atoms with Crippen molar-refractivity contribution in [1.82, 2.24) is 24.4 Å². The number of nitrogens with one attached hydrogen (secondary N) is 1. The SMILES string of the molecule is CC#CCn1c(N2CCNCC2)nc2nc(Oc3ccccc3C(=O)O)n(C)c(=O)c21.O=C(O)C(F)(F)F. The summed E-state index contributed by atoms with van der Waals surface area (Å²) in [6, 6.07) is 6.15. The number of piperazine rings is 1. The van der Waals surface area contributed by atoms with Crippen molar-refractivity contribution in [3.05, 3.63) is 40.2 Å². The van der Waals surface area contributed by atoms with Gasteiger partial charge in [-0.05, 0) is 19.1 Å². The first kappa shape index (κ1) is 28.0. The van der Waals surface area contributed by atoms with Crippen LogP contribution in [0.2, 0.25) is 0 Å². The lowest BCUT2D eigenvalue weighted by atomic mass is 10.2. The maximum Gasteiger partial charge on any atom is 0.490 e. The van der Waals surface area contributed by atoms with Gasteiger partial charge in [-0.15, -0.1) is 5.92 Å². The quantitative estimate of drug-likeness (QED) is 0.411.